The van der Waals surface area contributed by atoms with Gasteiger partial charge in [-0.2, -0.15) is 0 Å². The second kappa shape index (κ2) is 6.60. The summed E-state index contributed by atoms with van der Waals surface area (Å²) in [5.41, 5.74) is 0.377. The summed E-state index contributed by atoms with van der Waals surface area (Å²) >= 11 is 0. The molecule has 1 aliphatic heterocycles. The van der Waals surface area contributed by atoms with E-state index < -0.39 is 5.82 Å². The lowest BCUT2D eigenvalue weighted by Crippen LogP contribution is -2.49. The van der Waals surface area contributed by atoms with Gasteiger partial charge in [0.05, 0.1) is 18.9 Å². The van der Waals surface area contributed by atoms with Crippen LogP contribution in [0.5, 0.6) is 5.75 Å². The van der Waals surface area contributed by atoms with Gasteiger partial charge < -0.3 is 14.5 Å². The third-order valence-corrected chi connectivity index (χ3v) is 3.83. The summed E-state index contributed by atoms with van der Waals surface area (Å²) in [5, 5.41) is 0. The van der Waals surface area contributed by atoms with Crippen molar-refractivity contribution < 1.29 is 13.9 Å². The summed E-state index contributed by atoms with van der Waals surface area (Å²) in [6, 6.07) is 3.96. The highest BCUT2D eigenvalue weighted by Gasteiger charge is 2.25. The molecule has 2 aromatic rings. The van der Waals surface area contributed by atoms with Crippen LogP contribution in [-0.4, -0.2) is 54.1 Å². The standard InChI is InChI=1S/C16H17FN4O2/c1-23-14-10-12(17)2-3-13(14)16(22)21-8-6-20(7-9-21)15-11-18-4-5-19-15/h2-5,10-11H,6-9H2,1H3. The normalized spacial score (nSPS) is 14.7. The molecule has 0 N–H and O–H groups in total. The number of aromatic nitrogens is 2. The van der Waals surface area contributed by atoms with Crippen LogP contribution >= 0.6 is 0 Å². The molecule has 23 heavy (non-hydrogen) atoms. The van der Waals surface area contributed by atoms with E-state index in [4.69, 9.17) is 4.74 Å². The zero-order valence-electron chi connectivity index (χ0n) is 12.8. The molecule has 1 amide bonds. The fourth-order valence-electron chi connectivity index (χ4n) is 2.61. The molecule has 0 bridgehead atoms. The van der Waals surface area contributed by atoms with Crippen LogP contribution in [0.15, 0.2) is 36.8 Å². The number of carbonyl (C=O) groups is 1. The van der Waals surface area contributed by atoms with Gasteiger partial charge in [0.1, 0.15) is 17.4 Å². The Morgan fingerprint density at radius 3 is 2.65 bits per heavy atom. The third-order valence-electron chi connectivity index (χ3n) is 3.83. The van der Waals surface area contributed by atoms with Crippen molar-refractivity contribution in [3.63, 3.8) is 0 Å². The quantitative estimate of drug-likeness (QED) is 0.860. The molecule has 3 rings (SSSR count). The lowest BCUT2D eigenvalue weighted by molar-refractivity contribution is 0.0743. The number of piperazine rings is 1. The predicted octanol–water partition coefficient (Wildman–Crippen LogP) is 1.59. The molecule has 0 saturated carbocycles. The Morgan fingerprint density at radius 1 is 1.22 bits per heavy atom. The summed E-state index contributed by atoms with van der Waals surface area (Å²) < 4.78 is 18.4. The van der Waals surface area contributed by atoms with Crippen molar-refractivity contribution in [1.82, 2.24) is 14.9 Å². The monoisotopic (exact) mass is 316 g/mol. The topological polar surface area (TPSA) is 58.6 Å². The molecule has 0 atom stereocenters. The number of amides is 1. The predicted molar refractivity (Wildman–Crippen MR) is 83.1 cm³/mol. The smallest absolute Gasteiger partial charge is 0.257 e. The van der Waals surface area contributed by atoms with Gasteiger partial charge >= 0.3 is 0 Å². The minimum Gasteiger partial charge on any atom is -0.496 e. The first kappa shape index (κ1) is 15.2. The minimum absolute atomic E-state index is 0.152. The molecule has 1 fully saturated rings. The number of ether oxygens (including phenoxy) is 1. The van der Waals surface area contributed by atoms with Gasteiger partial charge in [0.15, 0.2) is 0 Å². The summed E-state index contributed by atoms with van der Waals surface area (Å²) in [6.45, 7) is 2.48. The summed E-state index contributed by atoms with van der Waals surface area (Å²) in [4.78, 5) is 24.8. The lowest BCUT2D eigenvalue weighted by Gasteiger charge is -2.35. The molecule has 0 radical (unpaired) electrons. The van der Waals surface area contributed by atoms with Crippen LogP contribution in [0.1, 0.15) is 10.4 Å². The number of carbonyl (C=O) groups excluding carboxylic acids is 1. The average molecular weight is 316 g/mol. The molecule has 0 spiro atoms. The Labute approximate surface area is 133 Å². The highest BCUT2D eigenvalue weighted by molar-refractivity contribution is 5.97. The number of halogens is 1. The molecular formula is C16H17FN4O2. The van der Waals surface area contributed by atoms with Gasteiger partial charge in [-0.25, -0.2) is 9.37 Å². The zero-order valence-corrected chi connectivity index (χ0v) is 12.8. The van der Waals surface area contributed by atoms with Crippen LogP contribution < -0.4 is 9.64 Å². The molecule has 6 nitrogen and oxygen atoms in total. The van der Waals surface area contributed by atoms with Gasteiger partial charge in [0.2, 0.25) is 0 Å². The molecule has 120 valence electrons. The van der Waals surface area contributed by atoms with Crippen molar-refractivity contribution in [1.29, 1.82) is 0 Å². The van der Waals surface area contributed by atoms with Gasteiger partial charge in [-0.15, -0.1) is 0 Å². The molecule has 1 saturated heterocycles. The molecule has 1 aromatic heterocycles. The van der Waals surface area contributed by atoms with Crippen molar-refractivity contribution >= 4 is 11.7 Å². The van der Waals surface area contributed by atoms with E-state index in [1.807, 2.05) is 0 Å². The molecule has 0 unspecified atom stereocenters. The van der Waals surface area contributed by atoms with Crippen molar-refractivity contribution in [2.45, 2.75) is 0 Å². The maximum atomic E-state index is 13.3. The first-order chi connectivity index (χ1) is 11.2. The number of hydrogen-bond donors (Lipinski definition) is 0. The summed E-state index contributed by atoms with van der Waals surface area (Å²) in [6.07, 6.45) is 4.99. The second-order valence-electron chi connectivity index (χ2n) is 5.19. The highest BCUT2D eigenvalue weighted by atomic mass is 19.1. The van der Waals surface area contributed by atoms with Crippen molar-refractivity contribution in [2.24, 2.45) is 0 Å². The fourth-order valence-corrected chi connectivity index (χ4v) is 2.61. The number of anilines is 1. The van der Waals surface area contributed by atoms with E-state index in [-0.39, 0.29) is 11.7 Å². The van der Waals surface area contributed by atoms with Gasteiger partial charge in [0.25, 0.3) is 5.91 Å². The van der Waals surface area contributed by atoms with Crippen molar-refractivity contribution in [3.05, 3.63) is 48.2 Å². The van der Waals surface area contributed by atoms with E-state index >= 15 is 0 Å². The van der Waals surface area contributed by atoms with E-state index in [0.717, 1.165) is 5.82 Å². The average Bonchev–Trinajstić information content (AvgIpc) is 2.62. The molecule has 7 heteroatoms. The van der Waals surface area contributed by atoms with E-state index in [9.17, 15) is 9.18 Å². The summed E-state index contributed by atoms with van der Waals surface area (Å²) in [5.74, 6) is 0.483. The van der Waals surface area contributed by atoms with Crippen LogP contribution in [0.25, 0.3) is 0 Å². The Kier molecular flexibility index (Phi) is 4.36. The largest absolute Gasteiger partial charge is 0.496 e. The van der Waals surface area contributed by atoms with Crippen LogP contribution in [0.4, 0.5) is 10.2 Å². The first-order valence-corrected chi connectivity index (χ1v) is 7.33. The van der Waals surface area contributed by atoms with Crippen LogP contribution in [-0.2, 0) is 0 Å². The third kappa shape index (κ3) is 3.23. The maximum Gasteiger partial charge on any atom is 0.257 e. The number of methoxy groups -OCH3 is 1. The zero-order chi connectivity index (χ0) is 16.2. The van der Waals surface area contributed by atoms with Gasteiger partial charge in [0, 0.05) is 44.6 Å². The number of rotatable bonds is 3. The second-order valence-corrected chi connectivity index (χ2v) is 5.19. The minimum atomic E-state index is -0.425. The summed E-state index contributed by atoms with van der Waals surface area (Å²) in [7, 11) is 1.43. The van der Waals surface area contributed by atoms with E-state index in [1.165, 1.54) is 25.3 Å². The fraction of sp³-hybridized carbons (Fsp3) is 0.312. The van der Waals surface area contributed by atoms with Crippen LogP contribution in [0, 0.1) is 5.82 Å². The number of hydrogen-bond acceptors (Lipinski definition) is 5. The number of nitrogens with zero attached hydrogens (tertiary/aromatic N) is 4. The van der Waals surface area contributed by atoms with Gasteiger partial charge in [-0.3, -0.25) is 9.78 Å². The van der Waals surface area contributed by atoms with E-state index in [0.29, 0.717) is 31.7 Å². The Hall–Kier alpha value is -2.70. The SMILES string of the molecule is COc1cc(F)ccc1C(=O)N1CCN(c2cnccn2)CC1. The first-order valence-electron chi connectivity index (χ1n) is 7.33. The van der Waals surface area contributed by atoms with Gasteiger partial charge in [-0.05, 0) is 12.1 Å². The molecule has 0 aliphatic carbocycles. The Bertz CT molecular complexity index is 688. The van der Waals surface area contributed by atoms with Crippen LogP contribution in [0.2, 0.25) is 0 Å². The molecular weight excluding hydrogens is 299 g/mol. The van der Waals surface area contributed by atoms with Gasteiger partial charge in [-0.1, -0.05) is 0 Å². The molecule has 1 aromatic carbocycles. The van der Waals surface area contributed by atoms with Crippen molar-refractivity contribution in [3.8, 4) is 5.75 Å². The van der Waals surface area contributed by atoms with Crippen molar-refractivity contribution in [2.75, 3.05) is 38.2 Å². The lowest BCUT2D eigenvalue weighted by atomic mass is 10.1. The van der Waals surface area contributed by atoms with E-state index in [1.54, 1.807) is 23.5 Å². The highest BCUT2D eigenvalue weighted by Crippen LogP contribution is 2.22. The molecule has 2 heterocycles. The molecule has 1 aliphatic rings. The maximum absolute atomic E-state index is 13.3. The Balaban J connectivity index is 1.69. The van der Waals surface area contributed by atoms with Crippen LogP contribution in [0.3, 0.4) is 0 Å². The Morgan fingerprint density at radius 2 is 2.00 bits per heavy atom. The number of benzene rings is 1. The van der Waals surface area contributed by atoms with E-state index in [2.05, 4.69) is 14.9 Å².